The maximum atomic E-state index is 12.6. The Hall–Kier alpha value is -2.60. The first-order valence-corrected chi connectivity index (χ1v) is 7.86. The lowest BCUT2D eigenvalue weighted by molar-refractivity contribution is -0.137. The van der Waals surface area contributed by atoms with Crippen molar-refractivity contribution in [2.75, 3.05) is 0 Å². The summed E-state index contributed by atoms with van der Waals surface area (Å²) in [4.78, 5) is 4.25. The van der Waals surface area contributed by atoms with E-state index < -0.39 is 11.7 Å². The van der Waals surface area contributed by atoms with E-state index in [2.05, 4.69) is 10.3 Å². The van der Waals surface area contributed by atoms with Crippen molar-refractivity contribution in [1.29, 1.82) is 0 Å². The minimum atomic E-state index is -4.30. The number of rotatable bonds is 5. The topological polar surface area (TPSA) is 29.9 Å². The maximum Gasteiger partial charge on any atom is 0.416 e. The van der Waals surface area contributed by atoms with Crippen LogP contribution in [0, 0.1) is 0 Å². The van der Waals surface area contributed by atoms with Crippen LogP contribution in [-0.2, 0) is 26.3 Å². The van der Waals surface area contributed by atoms with Crippen LogP contribution in [0.25, 0.3) is 11.1 Å². The molecule has 0 unspecified atom stereocenters. The van der Waals surface area contributed by atoms with E-state index in [1.54, 1.807) is 6.33 Å². The minimum absolute atomic E-state index is 0.633. The number of hydrogen-bond acceptors (Lipinski definition) is 2. The second-order valence-corrected chi connectivity index (χ2v) is 5.91. The average molecular weight is 345 g/mol. The predicted molar refractivity (Wildman–Crippen MR) is 90.6 cm³/mol. The first-order valence-electron chi connectivity index (χ1n) is 7.86. The number of benzene rings is 2. The van der Waals surface area contributed by atoms with Gasteiger partial charge in [-0.3, -0.25) is 0 Å². The van der Waals surface area contributed by atoms with E-state index in [0.717, 1.165) is 34.5 Å². The number of halogens is 3. The molecular formula is C19H18F3N3. The Labute approximate surface area is 144 Å². The predicted octanol–water partition coefficient (Wildman–Crippen LogP) is 4.40. The lowest BCUT2D eigenvalue weighted by Crippen LogP contribution is -2.12. The van der Waals surface area contributed by atoms with Crippen LogP contribution in [0.1, 0.15) is 16.8 Å². The third-order valence-electron chi connectivity index (χ3n) is 3.89. The van der Waals surface area contributed by atoms with Crippen LogP contribution in [0.4, 0.5) is 13.2 Å². The van der Waals surface area contributed by atoms with Gasteiger partial charge in [-0.25, -0.2) is 4.98 Å². The van der Waals surface area contributed by atoms with Gasteiger partial charge >= 0.3 is 6.18 Å². The normalized spacial score (nSPS) is 11.7. The van der Waals surface area contributed by atoms with Crippen molar-refractivity contribution < 1.29 is 13.2 Å². The first-order chi connectivity index (χ1) is 11.9. The summed E-state index contributed by atoms with van der Waals surface area (Å²) in [6, 6.07) is 13.0. The van der Waals surface area contributed by atoms with Gasteiger partial charge in [-0.05, 0) is 28.8 Å². The molecule has 0 atom stereocenters. The Morgan fingerprint density at radius 2 is 1.52 bits per heavy atom. The molecule has 0 bridgehead atoms. The van der Waals surface area contributed by atoms with Gasteiger partial charge in [-0.2, -0.15) is 13.2 Å². The van der Waals surface area contributed by atoms with Gasteiger partial charge in [0.2, 0.25) is 0 Å². The molecule has 1 N–H and O–H groups in total. The number of aromatic nitrogens is 2. The standard InChI is InChI=1S/C19H18F3N3/c1-25-12-18(24-13-25)11-23-10-14-2-4-15(5-3-14)16-6-8-17(9-7-16)19(20,21)22/h2-9,12-13,23H,10-11H2,1H3. The lowest BCUT2D eigenvalue weighted by atomic mass is 10.0. The van der Waals surface area contributed by atoms with Crippen LogP contribution < -0.4 is 5.32 Å². The van der Waals surface area contributed by atoms with Crippen molar-refractivity contribution in [3.05, 3.63) is 77.9 Å². The molecule has 0 spiro atoms. The summed E-state index contributed by atoms with van der Waals surface area (Å²) in [7, 11) is 1.93. The molecule has 0 saturated carbocycles. The van der Waals surface area contributed by atoms with Gasteiger partial charge in [0.1, 0.15) is 0 Å². The highest BCUT2D eigenvalue weighted by Gasteiger charge is 2.29. The summed E-state index contributed by atoms with van der Waals surface area (Å²) in [6.07, 6.45) is -0.585. The summed E-state index contributed by atoms with van der Waals surface area (Å²) in [5, 5.41) is 3.31. The summed E-state index contributed by atoms with van der Waals surface area (Å²) in [5.41, 5.74) is 3.10. The molecule has 0 aliphatic carbocycles. The zero-order chi connectivity index (χ0) is 17.9. The van der Waals surface area contributed by atoms with E-state index in [4.69, 9.17) is 0 Å². The zero-order valence-corrected chi connectivity index (χ0v) is 13.7. The molecule has 1 aromatic heterocycles. The molecule has 0 fully saturated rings. The van der Waals surface area contributed by atoms with Crippen LogP contribution in [0.5, 0.6) is 0 Å². The highest BCUT2D eigenvalue weighted by atomic mass is 19.4. The van der Waals surface area contributed by atoms with E-state index in [9.17, 15) is 13.2 Å². The van der Waals surface area contributed by atoms with Crippen molar-refractivity contribution in [3.63, 3.8) is 0 Å². The number of alkyl halides is 3. The zero-order valence-electron chi connectivity index (χ0n) is 13.7. The van der Waals surface area contributed by atoms with Crippen molar-refractivity contribution in [2.24, 2.45) is 7.05 Å². The molecule has 0 aliphatic heterocycles. The van der Waals surface area contributed by atoms with Crippen LogP contribution in [-0.4, -0.2) is 9.55 Å². The second kappa shape index (κ2) is 7.11. The first kappa shape index (κ1) is 17.2. The Kier molecular flexibility index (Phi) is 4.90. The van der Waals surface area contributed by atoms with Gasteiger partial charge in [0.05, 0.1) is 17.6 Å². The Morgan fingerprint density at radius 3 is 2.04 bits per heavy atom. The third-order valence-corrected chi connectivity index (χ3v) is 3.89. The van der Waals surface area contributed by atoms with Crippen molar-refractivity contribution in [2.45, 2.75) is 19.3 Å². The molecule has 3 nitrogen and oxygen atoms in total. The quantitative estimate of drug-likeness (QED) is 0.743. The molecule has 6 heteroatoms. The summed E-state index contributed by atoms with van der Waals surface area (Å²) < 4.78 is 39.7. The van der Waals surface area contributed by atoms with E-state index in [-0.39, 0.29) is 0 Å². The van der Waals surface area contributed by atoms with E-state index in [1.807, 2.05) is 42.1 Å². The molecule has 0 amide bonds. The Balaban J connectivity index is 1.60. The van der Waals surface area contributed by atoms with Crippen molar-refractivity contribution >= 4 is 0 Å². The lowest BCUT2D eigenvalue weighted by Gasteiger charge is -2.09. The van der Waals surface area contributed by atoms with Crippen LogP contribution in [0.2, 0.25) is 0 Å². The van der Waals surface area contributed by atoms with Crippen LogP contribution in [0.15, 0.2) is 61.1 Å². The smallest absolute Gasteiger partial charge is 0.340 e. The molecule has 25 heavy (non-hydrogen) atoms. The van der Waals surface area contributed by atoms with E-state index in [1.165, 1.54) is 12.1 Å². The molecule has 3 aromatic rings. The molecule has 3 rings (SSSR count). The Bertz CT molecular complexity index is 818. The average Bonchev–Trinajstić information content (AvgIpc) is 3.00. The summed E-state index contributed by atoms with van der Waals surface area (Å²) in [6.45, 7) is 1.38. The van der Waals surface area contributed by atoms with Gasteiger partial charge in [0, 0.05) is 26.3 Å². The molecular weight excluding hydrogens is 327 g/mol. The number of nitrogens with one attached hydrogen (secondary N) is 1. The number of aryl methyl sites for hydroxylation is 1. The van der Waals surface area contributed by atoms with Gasteiger partial charge in [0.15, 0.2) is 0 Å². The molecule has 1 heterocycles. The highest BCUT2D eigenvalue weighted by molar-refractivity contribution is 5.64. The fraction of sp³-hybridized carbons (Fsp3) is 0.211. The molecule has 0 aliphatic rings. The second-order valence-electron chi connectivity index (χ2n) is 5.91. The summed E-state index contributed by atoms with van der Waals surface area (Å²) in [5.74, 6) is 0. The highest BCUT2D eigenvalue weighted by Crippen LogP contribution is 2.31. The van der Waals surface area contributed by atoms with Crippen LogP contribution in [0.3, 0.4) is 0 Å². The van der Waals surface area contributed by atoms with Crippen LogP contribution >= 0.6 is 0 Å². The fourth-order valence-corrected chi connectivity index (χ4v) is 2.56. The van der Waals surface area contributed by atoms with Crippen molar-refractivity contribution in [3.8, 4) is 11.1 Å². The minimum Gasteiger partial charge on any atom is -0.340 e. The molecule has 130 valence electrons. The van der Waals surface area contributed by atoms with Crippen molar-refractivity contribution in [1.82, 2.24) is 14.9 Å². The molecule has 2 aromatic carbocycles. The van der Waals surface area contributed by atoms with Gasteiger partial charge < -0.3 is 9.88 Å². The number of hydrogen-bond donors (Lipinski definition) is 1. The fourth-order valence-electron chi connectivity index (χ4n) is 2.56. The van der Waals surface area contributed by atoms with E-state index >= 15 is 0 Å². The molecule has 0 radical (unpaired) electrons. The number of imidazole rings is 1. The van der Waals surface area contributed by atoms with Gasteiger partial charge in [0.25, 0.3) is 0 Å². The largest absolute Gasteiger partial charge is 0.416 e. The molecule has 0 saturated heterocycles. The summed E-state index contributed by atoms with van der Waals surface area (Å²) >= 11 is 0. The van der Waals surface area contributed by atoms with Gasteiger partial charge in [-0.1, -0.05) is 36.4 Å². The Morgan fingerprint density at radius 1 is 0.920 bits per heavy atom. The van der Waals surface area contributed by atoms with Gasteiger partial charge in [-0.15, -0.1) is 0 Å². The maximum absolute atomic E-state index is 12.6. The monoisotopic (exact) mass is 345 g/mol. The third kappa shape index (κ3) is 4.48. The van der Waals surface area contributed by atoms with E-state index in [0.29, 0.717) is 13.1 Å². The number of nitrogens with zero attached hydrogens (tertiary/aromatic N) is 2. The SMILES string of the molecule is Cn1cnc(CNCc2ccc(-c3ccc(C(F)(F)F)cc3)cc2)c1.